The number of amides is 2. The van der Waals surface area contributed by atoms with E-state index in [9.17, 15) is 9.59 Å². The van der Waals surface area contributed by atoms with Crippen molar-refractivity contribution in [1.82, 2.24) is 5.32 Å². The molecular weight excluding hydrogens is 338 g/mol. The molecule has 2 aromatic carbocycles. The van der Waals surface area contributed by atoms with Gasteiger partial charge in [0, 0.05) is 11.6 Å². The van der Waals surface area contributed by atoms with Crippen LogP contribution in [0.2, 0.25) is 0 Å². The summed E-state index contributed by atoms with van der Waals surface area (Å²) in [4.78, 5) is 25.9. The zero-order chi connectivity index (χ0) is 19.2. The first-order chi connectivity index (χ1) is 13.0. The monoisotopic (exact) mass is 366 g/mol. The number of para-hydroxylation sites is 1. The molecule has 1 saturated carbocycles. The Hall–Kier alpha value is -2.66. The summed E-state index contributed by atoms with van der Waals surface area (Å²) in [5, 5.41) is 5.87. The van der Waals surface area contributed by atoms with Crippen LogP contribution < -0.4 is 15.5 Å². The van der Waals surface area contributed by atoms with E-state index in [2.05, 4.69) is 41.8 Å². The van der Waals surface area contributed by atoms with Gasteiger partial charge >= 0.3 is 0 Å². The number of quaternary nitrogens is 1. The van der Waals surface area contributed by atoms with Gasteiger partial charge in [-0.25, -0.2) is 0 Å². The average molecular weight is 366 g/mol. The molecule has 1 unspecified atom stereocenters. The topological polar surface area (TPSA) is 62.6 Å². The molecule has 5 heteroatoms. The molecule has 1 fully saturated rings. The largest absolute Gasteiger partial charge is 0.349 e. The fraction of sp³-hybridized carbons (Fsp3) is 0.364. The van der Waals surface area contributed by atoms with E-state index in [0.717, 1.165) is 30.7 Å². The Morgan fingerprint density at radius 2 is 1.70 bits per heavy atom. The first-order valence-electron chi connectivity index (χ1n) is 9.64. The van der Waals surface area contributed by atoms with Crippen molar-refractivity contribution >= 4 is 17.5 Å². The molecule has 0 spiro atoms. The van der Waals surface area contributed by atoms with Gasteiger partial charge in [-0.3, -0.25) is 9.59 Å². The van der Waals surface area contributed by atoms with Crippen LogP contribution in [0.25, 0.3) is 0 Å². The molecule has 27 heavy (non-hydrogen) atoms. The van der Waals surface area contributed by atoms with Crippen molar-refractivity contribution < 1.29 is 14.5 Å². The molecule has 1 atom stereocenters. The van der Waals surface area contributed by atoms with E-state index >= 15 is 0 Å². The number of likely N-dealkylation sites (N-methyl/N-ethyl adjacent to an activating group) is 1. The zero-order valence-electron chi connectivity index (χ0n) is 16.0. The second-order valence-corrected chi connectivity index (χ2v) is 7.32. The molecule has 142 valence electrons. The van der Waals surface area contributed by atoms with Crippen molar-refractivity contribution in [1.29, 1.82) is 0 Å². The number of nitrogens with one attached hydrogen (secondary N) is 3. The summed E-state index contributed by atoms with van der Waals surface area (Å²) in [5.41, 5.74) is 3.61. The van der Waals surface area contributed by atoms with Gasteiger partial charge in [0.25, 0.3) is 11.8 Å². The fourth-order valence-electron chi connectivity index (χ4n) is 3.05. The second kappa shape index (κ2) is 8.82. The number of benzene rings is 2. The van der Waals surface area contributed by atoms with Crippen molar-refractivity contribution in [2.24, 2.45) is 0 Å². The summed E-state index contributed by atoms with van der Waals surface area (Å²) in [6.45, 7) is 3.26. The standard InChI is InChI=1S/C22H27N3O2/c1-3-16-8-10-17(11-9-16)14-25(2)15-21(26)24-20-7-5-4-6-19(20)22(27)23-18-12-13-18/h4-11,18H,3,12-15H2,1-2H3,(H,23,27)(H,24,26)/p+1. The van der Waals surface area contributed by atoms with Gasteiger partial charge in [-0.05, 0) is 37.0 Å². The Morgan fingerprint density at radius 1 is 1.04 bits per heavy atom. The minimum atomic E-state index is -0.120. The summed E-state index contributed by atoms with van der Waals surface area (Å²) in [7, 11) is 2.00. The van der Waals surface area contributed by atoms with Gasteiger partial charge in [-0.15, -0.1) is 0 Å². The first kappa shape index (κ1) is 19.1. The number of carbonyl (C=O) groups excluding carboxylic acids is 2. The molecule has 0 aromatic heterocycles. The maximum absolute atomic E-state index is 12.5. The van der Waals surface area contributed by atoms with Gasteiger partial charge in [0.1, 0.15) is 6.54 Å². The fourth-order valence-corrected chi connectivity index (χ4v) is 3.05. The molecule has 0 aliphatic heterocycles. The highest BCUT2D eigenvalue weighted by molar-refractivity contribution is 6.04. The predicted octanol–water partition coefficient (Wildman–Crippen LogP) is 1.79. The third-order valence-electron chi connectivity index (χ3n) is 4.76. The SMILES string of the molecule is CCc1ccc(C[NH+](C)CC(=O)Nc2ccccc2C(=O)NC2CC2)cc1. The molecule has 2 aromatic rings. The average Bonchev–Trinajstić information content (AvgIpc) is 3.46. The lowest BCUT2D eigenvalue weighted by molar-refractivity contribution is -0.885. The molecule has 3 N–H and O–H groups in total. The van der Waals surface area contributed by atoms with Gasteiger partial charge < -0.3 is 15.5 Å². The summed E-state index contributed by atoms with van der Waals surface area (Å²) in [6.07, 6.45) is 3.10. The van der Waals surface area contributed by atoms with Crippen molar-refractivity contribution in [3.63, 3.8) is 0 Å². The van der Waals surface area contributed by atoms with E-state index in [0.29, 0.717) is 17.8 Å². The van der Waals surface area contributed by atoms with Gasteiger partial charge in [-0.1, -0.05) is 43.3 Å². The van der Waals surface area contributed by atoms with E-state index in [-0.39, 0.29) is 17.9 Å². The smallest absolute Gasteiger partial charge is 0.279 e. The third kappa shape index (κ3) is 5.66. The number of hydrogen-bond acceptors (Lipinski definition) is 2. The van der Waals surface area contributed by atoms with Crippen LogP contribution in [0, 0.1) is 0 Å². The lowest BCUT2D eigenvalue weighted by Crippen LogP contribution is -3.08. The van der Waals surface area contributed by atoms with Crippen LogP contribution in [0.5, 0.6) is 0 Å². The number of rotatable bonds is 8. The second-order valence-electron chi connectivity index (χ2n) is 7.32. The van der Waals surface area contributed by atoms with Crippen molar-refractivity contribution in [3.8, 4) is 0 Å². The summed E-state index contributed by atoms with van der Waals surface area (Å²) in [5.74, 6) is -0.213. The van der Waals surface area contributed by atoms with Gasteiger partial charge in [0.05, 0.1) is 18.3 Å². The highest BCUT2D eigenvalue weighted by atomic mass is 16.2. The third-order valence-corrected chi connectivity index (χ3v) is 4.76. The summed E-state index contributed by atoms with van der Waals surface area (Å²) in [6, 6.07) is 16.0. The maximum atomic E-state index is 12.5. The molecule has 0 heterocycles. The molecule has 0 saturated heterocycles. The van der Waals surface area contributed by atoms with Crippen LogP contribution in [-0.2, 0) is 17.8 Å². The van der Waals surface area contributed by atoms with E-state index in [1.165, 1.54) is 11.1 Å². The predicted molar refractivity (Wildman–Crippen MR) is 107 cm³/mol. The lowest BCUT2D eigenvalue weighted by Gasteiger charge is -2.15. The van der Waals surface area contributed by atoms with Gasteiger partial charge in [0.2, 0.25) is 0 Å². The van der Waals surface area contributed by atoms with E-state index in [1.807, 2.05) is 19.2 Å². The van der Waals surface area contributed by atoms with Crippen LogP contribution in [0.4, 0.5) is 5.69 Å². The zero-order valence-corrected chi connectivity index (χ0v) is 16.0. The highest BCUT2D eigenvalue weighted by Gasteiger charge is 2.25. The van der Waals surface area contributed by atoms with Gasteiger partial charge in [0.15, 0.2) is 6.54 Å². The molecule has 2 amide bonds. The molecular formula is C22H28N3O2+. The van der Waals surface area contributed by atoms with Crippen LogP contribution in [0.1, 0.15) is 41.3 Å². The quantitative estimate of drug-likeness (QED) is 0.667. The Balaban J connectivity index is 1.56. The molecule has 1 aliphatic rings. The number of anilines is 1. The van der Waals surface area contributed by atoms with Crippen molar-refractivity contribution in [3.05, 3.63) is 65.2 Å². The van der Waals surface area contributed by atoms with Gasteiger partial charge in [-0.2, -0.15) is 0 Å². The van der Waals surface area contributed by atoms with E-state index in [4.69, 9.17) is 0 Å². The lowest BCUT2D eigenvalue weighted by atomic mass is 10.1. The molecule has 3 rings (SSSR count). The molecule has 0 bridgehead atoms. The molecule has 1 aliphatic carbocycles. The highest BCUT2D eigenvalue weighted by Crippen LogP contribution is 2.21. The number of carbonyl (C=O) groups is 2. The Bertz CT molecular complexity index is 797. The molecule has 0 radical (unpaired) electrons. The summed E-state index contributed by atoms with van der Waals surface area (Å²) < 4.78 is 0. The van der Waals surface area contributed by atoms with Crippen LogP contribution >= 0.6 is 0 Å². The van der Waals surface area contributed by atoms with Crippen LogP contribution in [-0.4, -0.2) is 31.4 Å². The first-order valence-corrected chi connectivity index (χ1v) is 9.64. The number of hydrogen-bond donors (Lipinski definition) is 3. The number of aryl methyl sites for hydroxylation is 1. The van der Waals surface area contributed by atoms with Crippen molar-refractivity contribution in [2.45, 2.75) is 38.8 Å². The maximum Gasteiger partial charge on any atom is 0.279 e. The Labute approximate surface area is 160 Å². The summed E-state index contributed by atoms with van der Waals surface area (Å²) >= 11 is 0. The van der Waals surface area contributed by atoms with E-state index in [1.54, 1.807) is 12.1 Å². The normalized spacial score (nSPS) is 14.4. The molecule has 5 nitrogen and oxygen atoms in total. The minimum absolute atomic E-state index is 0.0932. The minimum Gasteiger partial charge on any atom is -0.349 e. The Morgan fingerprint density at radius 3 is 2.37 bits per heavy atom. The van der Waals surface area contributed by atoms with Crippen LogP contribution in [0.15, 0.2) is 48.5 Å². The van der Waals surface area contributed by atoms with Crippen LogP contribution in [0.3, 0.4) is 0 Å². The Kier molecular flexibility index (Phi) is 6.24. The van der Waals surface area contributed by atoms with Crippen molar-refractivity contribution in [2.75, 3.05) is 18.9 Å². The van der Waals surface area contributed by atoms with E-state index < -0.39 is 0 Å².